The van der Waals surface area contributed by atoms with E-state index in [1.165, 1.54) is 12.8 Å². The van der Waals surface area contributed by atoms with E-state index < -0.39 is 0 Å². The lowest BCUT2D eigenvalue weighted by Gasteiger charge is -2.06. The summed E-state index contributed by atoms with van der Waals surface area (Å²) in [4.78, 5) is 16.9. The molecule has 27 heavy (non-hydrogen) atoms. The average Bonchev–Trinajstić information content (AvgIpc) is 3.35. The lowest BCUT2D eigenvalue weighted by atomic mass is 10.1. The van der Waals surface area contributed by atoms with Gasteiger partial charge in [-0.25, -0.2) is 0 Å². The standard InChI is InChI=1S/C21H20ClN3O2/c22-17-10-8-14(9-11-17)12-19(26)23-18-7-3-6-16(13-18)20-24-21(27-25-20)15-4-1-2-5-15/h3,6-11,13,15H,1-2,4-5,12H2,(H,23,26). The van der Waals surface area contributed by atoms with Gasteiger partial charge >= 0.3 is 0 Å². The molecule has 138 valence electrons. The topological polar surface area (TPSA) is 68.0 Å². The van der Waals surface area contributed by atoms with Crippen LogP contribution in [0, 0.1) is 0 Å². The summed E-state index contributed by atoms with van der Waals surface area (Å²) in [7, 11) is 0. The lowest BCUT2D eigenvalue weighted by Crippen LogP contribution is -2.14. The molecule has 1 fully saturated rings. The van der Waals surface area contributed by atoms with Crippen molar-refractivity contribution in [2.45, 2.75) is 38.0 Å². The monoisotopic (exact) mass is 381 g/mol. The highest BCUT2D eigenvalue weighted by atomic mass is 35.5. The third-order valence-corrected chi connectivity index (χ3v) is 5.08. The van der Waals surface area contributed by atoms with Crippen LogP contribution in [0.25, 0.3) is 11.4 Å². The average molecular weight is 382 g/mol. The Morgan fingerprint density at radius 1 is 1.15 bits per heavy atom. The van der Waals surface area contributed by atoms with Gasteiger partial charge in [-0.05, 0) is 42.7 Å². The molecule has 5 nitrogen and oxygen atoms in total. The molecule has 6 heteroatoms. The first-order valence-corrected chi connectivity index (χ1v) is 9.53. The van der Waals surface area contributed by atoms with Crippen LogP contribution in [0.2, 0.25) is 5.02 Å². The number of carbonyl (C=O) groups is 1. The number of hydrogen-bond acceptors (Lipinski definition) is 4. The molecular formula is C21H20ClN3O2. The first-order chi connectivity index (χ1) is 13.2. The number of anilines is 1. The van der Waals surface area contributed by atoms with Crippen molar-refractivity contribution in [1.82, 2.24) is 10.1 Å². The quantitative estimate of drug-likeness (QED) is 0.657. The molecule has 1 amide bonds. The molecule has 0 aliphatic heterocycles. The summed E-state index contributed by atoms with van der Waals surface area (Å²) < 4.78 is 5.45. The van der Waals surface area contributed by atoms with E-state index >= 15 is 0 Å². The molecule has 1 aliphatic rings. The lowest BCUT2D eigenvalue weighted by molar-refractivity contribution is -0.115. The van der Waals surface area contributed by atoms with Gasteiger partial charge in [0.2, 0.25) is 17.6 Å². The minimum atomic E-state index is -0.0887. The van der Waals surface area contributed by atoms with Gasteiger partial charge in [0.15, 0.2) is 0 Å². The SMILES string of the molecule is O=C(Cc1ccc(Cl)cc1)Nc1cccc(-c2noc(C3CCCC3)n2)c1. The number of nitrogens with zero attached hydrogens (tertiary/aromatic N) is 2. The van der Waals surface area contributed by atoms with Crippen molar-refractivity contribution < 1.29 is 9.32 Å². The summed E-state index contributed by atoms with van der Waals surface area (Å²) in [6, 6.07) is 14.8. The van der Waals surface area contributed by atoms with Gasteiger partial charge in [0.05, 0.1) is 6.42 Å². The van der Waals surface area contributed by atoms with Gasteiger partial charge in [0.25, 0.3) is 0 Å². The molecule has 0 spiro atoms. The maximum Gasteiger partial charge on any atom is 0.230 e. The molecule has 1 saturated carbocycles. The largest absolute Gasteiger partial charge is 0.339 e. The van der Waals surface area contributed by atoms with Crippen LogP contribution >= 0.6 is 11.6 Å². The number of halogens is 1. The van der Waals surface area contributed by atoms with Gasteiger partial charge in [-0.1, -0.05) is 53.9 Å². The van der Waals surface area contributed by atoms with Gasteiger partial charge in [0, 0.05) is 22.2 Å². The van der Waals surface area contributed by atoms with E-state index in [0.717, 1.165) is 29.9 Å². The van der Waals surface area contributed by atoms with Crippen molar-refractivity contribution in [2.24, 2.45) is 0 Å². The van der Waals surface area contributed by atoms with Crippen molar-refractivity contribution in [3.8, 4) is 11.4 Å². The first-order valence-electron chi connectivity index (χ1n) is 9.16. The molecule has 0 unspecified atom stereocenters. The third-order valence-electron chi connectivity index (χ3n) is 4.83. The smallest absolute Gasteiger partial charge is 0.230 e. The molecule has 1 aliphatic carbocycles. The Bertz CT molecular complexity index is 931. The first kappa shape index (κ1) is 17.7. The van der Waals surface area contributed by atoms with E-state index in [-0.39, 0.29) is 12.3 Å². The highest BCUT2D eigenvalue weighted by Crippen LogP contribution is 2.34. The molecule has 2 aromatic carbocycles. The predicted octanol–water partition coefficient (Wildman–Crippen LogP) is 5.23. The maximum atomic E-state index is 12.3. The fourth-order valence-electron chi connectivity index (χ4n) is 3.42. The van der Waals surface area contributed by atoms with E-state index in [2.05, 4.69) is 15.5 Å². The molecule has 4 rings (SSSR count). The molecular weight excluding hydrogens is 362 g/mol. The predicted molar refractivity (Wildman–Crippen MR) is 105 cm³/mol. The van der Waals surface area contributed by atoms with Crippen molar-refractivity contribution in [3.05, 3.63) is 65.0 Å². The number of carbonyl (C=O) groups excluding carboxylic acids is 1. The molecule has 0 saturated heterocycles. The van der Waals surface area contributed by atoms with Crippen molar-refractivity contribution in [2.75, 3.05) is 5.32 Å². The van der Waals surface area contributed by atoms with Crippen molar-refractivity contribution in [1.29, 1.82) is 0 Å². The molecule has 0 radical (unpaired) electrons. The van der Waals surface area contributed by atoms with Crippen LogP contribution in [-0.2, 0) is 11.2 Å². The Morgan fingerprint density at radius 3 is 2.70 bits per heavy atom. The number of hydrogen-bond donors (Lipinski definition) is 1. The molecule has 0 bridgehead atoms. The minimum Gasteiger partial charge on any atom is -0.339 e. The molecule has 1 aromatic heterocycles. The molecule has 0 atom stereocenters. The van der Waals surface area contributed by atoms with Crippen LogP contribution in [0.1, 0.15) is 43.1 Å². The zero-order chi connectivity index (χ0) is 18.6. The van der Waals surface area contributed by atoms with Crippen LogP contribution in [0.4, 0.5) is 5.69 Å². The van der Waals surface area contributed by atoms with Gasteiger partial charge < -0.3 is 9.84 Å². The van der Waals surface area contributed by atoms with Gasteiger partial charge in [-0.3, -0.25) is 4.79 Å². The number of nitrogens with one attached hydrogen (secondary N) is 1. The summed E-state index contributed by atoms with van der Waals surface area (Å²) in [5, 5.41) is 7.69. The normalized spacial score (nSPS) is 14.4. The Labute approximate surface area is 162 Å². The Hall–Kier alpha value is -2.66. The van der Waals surface area contributed by atoms with Crippen LogP contribution in [0.3, 0.4) is 0 Å². The molecule has 1 N–H and O–H groups in total. The fourth-order valence-corrected chi connectivity index (χ4v) is 3.55. The molecule has 1 heterocycles. The number of benzene rings is 2. The van der Waals surface area contributed by atoms with E-state index in [1.807, 2.05) is 36.4 Å². The fraction of sp³-hybridized carbons (Fsp3) is 0.286. The van der Waals surface area contributed by atoms with Crippen LogP contribution < -0.4 is 5.32 Å². The summed E-state index contributed by atoms with van der Waals surface area (Å²) in [6.07, 6.45) is 4.95. The second-order valence-corrected chi connectivity index (χ2v) is 7.31. The summed E-state index contributed by atoms with van der Waals surface area (Å²) in [5.41, 5.74) is 2.44. The number of rotatable bonds is 5. The Morgan fingerprint density at radius 2 is 1.93 bits per heavy atom. The minimum absolute atomic E-state index is 0.0887. The maximum absolute atomic E-state index is 12.3. The van der Waals surface area contributed by atoms with Crippen LogP contribution in [0.5, 0.6) is 0 Å². The highest BCUT2D eigenvalue weighted by molar-refractivity contribution is 6.30. The Balaban J connectivity index is 1.44. The summed E-state index contributed by atoms with van der Waals surface area (Å²) in [5.74, 6) is 1.58. The van der Waals surface area contributed by atoms with Crippen molar-refractivity contribution in [3.63, 3.8) is 0 Å². The van der Waals surface area contributed by atoms with Gasteiger partial charge in [-0.15, -0.1) is 0 Å². The van der Waals surface area contributed by atoms with Crippen LogP contribution in [-0.4, -0.2) is 16.0 Å². The zero-order valence-corrected chi connectivity index (χ0v) is 15.6. The number of aromatic nitrogens is 2. The van der Waals surface area contributed by atoms with E-state index in [9.17, 15) is 4.79 Å². The van der Waals surface area contributed by atoms with E-state index in [1.54, 1.807) is 12.1 Å². The Kier molecular flexibility index (Phi) is 5.21. The highest BCUT2D eigenvalue weighted by Gasteiger charge is 2.23. The van der Waals surface area contributed by atoms with Crippen molar-refractivity contribution >= 4 is 23.2 Å². The summed E-state index contributed by atoms with van der Waals surface area (Å²) in [6.45, 7) is 0. The van der Waals surface area contributed by atoms with Gasteiger partial charge in [0.1, 0.15) is 0 Å². The second kappa shape index (κ2) is 7.92. The second-order valence-electron chi connectivity index (χ2n) is 6.87. The summed E-state index contributed by atoms with van der Waals surface area (Å²) >= 11 is 5.88. The van der Waals surface area contributed by atoms with E-state index in [4.69, 9.17) is 16.1 Å². The van der Waals surface area contributed by atoms with Gasteiger partial charge in [-0.2, -0.15) is 4.98 Å². The van der Waals surface area contributed by atoms with E-state index in [0.29, 0.717) is 22.5 Å². The zero-order valence-electron chi connectivity index (χ0n) is 14.8. The molecule has 3 aromatic rings. The number of amides is 1. The van der Waals surface area contributed by atoms with Crippen LogP contribution in [0.15, 0.2) is 53.1 Å². The third kappa shape index (κ3) is 4.37.